The fourth-order valence-corrected chi connectivity index (χ4v) is 1.21. The molecular weight excluding hydrogens is 176 g/mol. The van der Waals surface area contributed by atoms with Crippen LogP contribution in [0.15, 0.2) is 36.4 Å². The molecule has 76 valence electrons. The predicted octanol–water partition coefficient (Wildman–Crippen LogP) is 1.83. The van der Waals surface area contributed by atoms with E-state index >= 15 is 0 Å². The van der Waals surface area contributed by atoms with Gasteiger partial charge in [-0.2, -0.15) is 0 Å². The lowest BCUT2D eigenvalue weighted by atomic mass is 10.1. The first-order valence-electron chi connectivity index (χ1n) is 4.78. The average molecular weight is 192 g/mol. The van der Waals surface area contributed by atoms with Crippen LogP contribution >= 0.6 is 0 Å². The minimum Gasteiger partial charge on any atom is -0.393 e. The monoisotopic (exact) mass is 192 g/mol. The number of rotatable bonds is 4. The van der Waals surface area contributed by atoms with Gasteiger partial charge in [0, 0.05) is 6.42 Å². The van der Waals surface area contributed by atoms with Gasteiger partial charge in [0.25, 0.3) is 0 Å². The van der Waals surface area contributed by atoms with Crippen LogP contribution in [0.4, 0.5) is 0 Å². The number of hydrogen-bond donors (Lipinski definition) is 2. The molecular formula is C12H16O2. The van der Waals surface area contributed by atoms with Crippen molar-refractivity contribution in [3.63, 3.8) is 0 Å². The summed E-state index contributed by atoms with van der Waals surface area (Å²) in [6, 6.07) is 9.77. The van der Waals surface area contributed by atoms with Gasteiger partial charge < -0.3 is 10.2 Å². The van der Waals surface area contributed by atoms with Crippen LogP contribution in [0.5, 0.6) is 0 Å². The Labute approximate surface area is 84.5 Å². The molecule has 0 spiro atoms. The second kappa shape index (κ2) is 5.58. The first-order valence-corrected chi connectivity index (χ1v) is 4.78. The summed E-state index contributed by atoms with van der Waals surface area (Å²) in [5.41, 5.74) is 1.05. The van der Waals surface area contributed by atoms with Crippen molar-refractivity contribution < 1.29 is 10.2 Å². The van der Waals surface area contributed by atoms with Crippen LogP contribution in [0.3, 0.4) is 0 Å². The van der Waals surface area contributed by atoms with Gasteiger partial charge in [-0.3, -0.25) is 0 Å². The van der Waals surface area contributed by atoms with Crippen LogP contribution < -0.4 is 0 Å². The Balaban J connectivity index is 2.48. The highest BCUT2D eigenvalue weighted by atomic mass is 16.3. The zero-order valence-corrected chi connectivity index (χ0v) is 8.30. The molecule has 0 aromatic heterocycles. The van der Waals surface area contributed by atoms with E-state index in [-0.39, 0.29) is 0 Å². The van der Waals surface area contributed by atoms with Crippen molar-refractivity contribution >= 4 is 6.08 Å². The predicted molar refractivity (Wildman–Crippen MR) is 57.8 cm³/mol. The minimum atomic E-state index is -0.574. The molecule has 0 bridgehead atoms. The second-order valence-electron chi connectivity index (χ2n) is 3.42. The molecule has 2 N–H and O–H groups in total. The molecule has 0 aliphatic rings. The Kier molecular flexibility index (Phi) is 4.36. The van der Waals surface area contributed by atoms with Crippen LogP contribution in [0.2, 0.25) is 0 Å². The fourth-order valence-electron chi connectivity index (χ4n) is 1.21. The Bertz CT molecular complexity index is 278. The van der Waals surface area contributed by atoms with Crippen molar-refractivity contribution in [2.75, 3.05) is 0 Å². The summed E-state index contributed by atoms with van der Waals surface area (Å²) in [5, 5.41) is 18.5. The van der Waals surface area contributed by atoms with Gasteiger partial charge in [0.2, 0.25) is 0 Å². The maximum atomic E-state index is 9.43. The highest BCUT2D eigenvalue weighted by molar-refractivity contribution is 5.49. The van der Waals surface area contributed by atoms with Gasteiger partial charge in [-0.05, 0) is 12.5 Å². The van der Waals surface area contributed by atoms with Gasteiger partial charge in [-0.25, -0.2) is 0 Å². The van der Waals surface area contributed by atoms with Crippen molar-refractivity contribution in [1.82, 2.24) is 0 Å². The van der Waals surface area contributed by atoms with Gasteiger partial charge in [0.15, 0.2) is 0 Å². The number of benzene rings is 1. The fraction of sp³-hybridized carbons (Fsp3) is 0.333. The molecule has 14 heavy (non-hydrogen) atoms. The van der Waals surface area contributed by atoms with Crippen molar-refractivity contribution in [2.45, 2.75) is 25.6 Å². The summed E-state index contributed by atoms with van der Waals surface area (Å²) in [4.78, 5) is 0. The molecule has 2 unspecified atom stereocenters. The van der Waals surface area contributed by atoms with Gasteiger partial charge in [0.1, 0.15) is 0 Å². The van der Waals surface area contributed by atoms with E-state index in [0.29, 0.717) is 6.42 Å². The van der Waals surface area contributed by atoms with Crippen LogP contribution in [-0.2, 0) is 0 Å². The molecule has 0 heterocycles. The molecule has 2 nitrogen and oxygen atoms in total. The van der Waals surface area contributed by atoms with Gasteiger partial charge in [-0.15, -0.1) is 0 Å². The standard InChI is InChI=1S/C12H16O2/c1-10(13)9-12(14)8-7-11-5-3-2-4-6-11/h2-8,10,12-14H,9H2,1H3/b8-7+. The smallest absolute Gasteiger partial charge is 0.0748 e. The van der Waals surface area contributed by atoms with Crippen molar-refractivity contribution in [1.29, 1.82) is 0 Å². The third kappa shape index (κ3) is 4.21. The van der Waals surface area contributed by atoms with E-state index in [1.807, 2.05) is 36.4 Å². The van der Waals surface area contributed by atoms with Gasteiger partial charge in [-0.1, -0.05) is 42.5 Å². The second-order valence-corrected chi connectivity index (χ2v) is 3.42. The molecule has 1 aromatic rings. The van der Waals surface area contributed by atoms with Crippen molar-refractivity contribution in [3.8, 4) is 0 Å². The van der Waals surface area contributed by atoms with E-state index in [4.69, 9.17) is 5.11 Å². The van der Waals surface area contributed by atoms with Crippen LogP contribution in [0.25, 0.3) is 6.08 Å². The lowest BCUT2D eigenvalue weighted by molar-refractivity contribution is 0.117. The van der Waals surface area contributed by atoms with E-state index in [1.54, 1.807) is 13.0 Å². The molecule has 0 saturated carbocycles. The summed E-state index contributed by atoms with van der Waals surface area (Å²) < 4.78 is 0. The summed E-state index contributed by atoms with van der Waals surface area (Å²) in [6.45, 7) is 1.67. The molecule has 1 aromatic carbocycles. The van der Waals surface area contributed by atoms with Gasteiger partial charge >= 0.3 is 0 Å². The van der Waals surface area contributed by atoms with Crippen LogP contribution in [0.1, 0.15) is 18.9 Å². The molecule has 1 rings (SSSR count). The molecule has 0 amide bonds. The van der Waals surface area contributed by atoms with E-state index in [1.165, 1.54) is 0 Å². The van der Waals surface area contributed by atoms with Crippen LogP contribution in [0, 0.1) is 0 Å². The summed E-state index contributed by atoms with van der Waals surface area (Å²) in [5.74, 6) is 0. The third-order valence-corrected chi connectivity index (χ3v) is 1.89. The average Bonchev–Trinajstić information content (AvgIpc) is 2.15. The Hall–Kier alpha value is -1.12. The molecule has 2 atom stereocenters. The number of hydrogen-bond acceptors (Lipinski definition) is 2. The highest BCUT2D eigenvalue weighted by Gasteiger charge is 2.02. The topological polar surface area (TPSA) is 40.5 Å². The molecule has 0 aliphatic carbocycles. The molecule has 0 saturated heterocycles. The molecule has 2 heteroatoms. The van der Waals surface area contributed by atoms with E-state index in [2.05, 4.69) is 0 Å². The SMILES string of the molecule is CC(O)CC(O)/C=C/c1ccccc1. The van der Waals surface area contributed by atoms with E-state index in [0.717, 1.165) is 5.56 Å². The molecule has 0 radical (unpaired) electrons. The Morgan fingerprint density at radius 3 is 2.43 bits per heavy atom. The Morgan fingerprint density at radius 2 is 1.86 bits per heavy atom. The van der Waals surface area contributed by atoms with Crippen LogP contribution in [-0.4, -0.2) is 22.4 Å². The number of aliphatic hydroxyl groups is 2. The zero-order valence-electron chi connectivity index (χ0n) is 8.30. The lowest BCUT2D eigenvalue weighted by Gasteiger charge is -2.07. The first kappa shape index (κ1) is 11.0. The molecule has 0 fully saturated rings. The largest absolute Gasteiger partial charge is 0.393 e. The summed E-state index contributed by atoms with van der Waals surface area (Å²) >= 11 is 0. The maximum absolute atomic E-state index is 9.43. The van der Waals surface area contributed by atoms with Gasteiger partial charge in [0.05, 0.1) is 12.2 Å². The van der Waals surface area contributed by atoms with Crippen molar-refractivity contribution in [3.05, 3.63) is 42.0 Å². The summed E-state index contributed by atoms with van der Waals surface area (Å²) in [7, 11) is 0. The highest BCUT2D eigenvalue weighted by Crippen LogP contribution is 2.05. The third-order valence-electron chi connectivity index (χ3n) is 1.89. The Morgan fingerprint density at radius 1 is 1.21 bits per heavy atom. The number of aliphatic hydroxyl groups excluding tert-OH is 2. The lowest BCUT2D eigenvalue weighted by Crippen LogP contribution is -2.11. The quantitative estimate of drug-likeness (QED) is 0.764. The summed E-state index contributed by atoms with van der Waals surface area (Å²) in [6.07, 6.45) is 2.89. The first-order chi connectivity index (χ1) is 6.68. The minimum absolute atomic E-state index is 0.378. The zero-order chi connectivity index (χ0) is 10.4. The van der Waals surface area contributed by atoms with E-state index < -0.39 is 12.2 Å². The normalized spacial score (nSPS) is 15.6. The maximum Gasteiger partial charge on any atom is 0.0748 e. The van der Waals surface area contributed by atoms with Crippen molar-refractivity contribution in [2.24, 2.45) is 0 Å². The van der Waals surface area contributed by atoms with E-state index in [9.17, 15) is 5.11 Å². The molecule has 0 aliphatic heterocycles.